The molecule has 3 amide bonds. The van der Waals surface area contributed by atoms with Gasteiger partial charge in [-0.05, 0) is 150 Å². The van der Waals surface area contributed by atoms with E-state index in [4.69, 9.17) is 37.9 Å². The van der Waals surface area contributed by atoms with E-state index in [9.17, 15) is 38.4 Å². The predicted octanol–water partition coefficient (Wildman–Crippen LogP) is 11.6. The summed E-state index contributed by atoms with van der Waals surface area (Å²) in [5, 5.41) is 12.1. The summed E-state index contributed by atoms with van der Waals surface area (Å²) in [5.41, 5.74) is 3.01. The standard InChI is InChI=1S/C77H78N4O16S2/c1-50-42-98-44-70(85)94-63-24-20-53(21-25-63)41-77(47-78-7)59-14-8-12-54(35-59)73(88)80-61-15-10-18-66(39-61)96-68(83)28-29-69(84)97-67-19-11-16-62(40-67)81-74(89)55-13-9-17-65(38-55)92-49-76(48-91-31-30-90-32-33-93-77,58-22-26-64(27-23-58)95-71(86)45-99-43-51(50)2)46-79-72(87)57-34-56(52(3)82)36-60(37-57)75(4,5)6/h8-29,34-40,78H,1-2,30-33,41-49H2,3-7H3,(H,79,87)(H,80,88)(H,81,89)/b29-28-. The number of thioether (sulfide) groups is 2. The first-order chi connectivity index (χ1) is 47.5. The van der Waals surface area contributed by atoms with Crippen molar-refractivity contribution in [3.05, 3.63) is 245 Å². The van der Waals surface area contributed by atoms with Gasteiger partial charge in [0.2, 0.25) is 0 Å². The second-order valence-electron chi connectivity index (χ2n) is 24.6. The molecule has 7 aromatic carbocycles. The van der Waals surface area contributed by atoms with E-state index in [1.165, 1.54) is 54.7 Å². The molecule has 0 aromatic heterocycles. The smallest absolute Gasteiger partial charge is 0.336 e. The third-order valence-electron chi connectivity index (χ3n) is 15.9. The number of benzene rings is 7. The molecule has 22 heteroatoms. The van der Waals surface area contributed by atoms with Crippen molar-refractivity contribution in [2.75, 3.05) is 93.4 Å². The molecule has 0 aliphatic carbocycles. The highest BCUT2D eigenvalue weighted by Crippen LogP contribution is 2.34. The van der Waals surface area contributed by atoms with Gasteiger partial charge < -0.3 is 59.2 Å². The first-order valence-corrected chi connectivity index (χ1v) is 34.1. The lowest BCUT2D eigenvalue weighted by atomic mass is 9.81. The van der Waals surface area contributed by atoms with Crippen LogP contribution in [0.1, 0.15) is 91.4 Å². The Morgan fingerprint density at radius 1 is 0.535 bits per heavy atom. The average Bonchev–Trinajstić information content (AvgIpc) is 0.801. The SMILES string of the molecule is C=C1CSCC(=O)Oc2ccc(cc2)CC2(CNC)OCCOCCOCC(CNC(=O)c3cc(C(C)=O)cc(C(C)(C)C)c3)(COc3cccc(c3)C(=O)Nc3cccc(c3)OC(=O)/C=C\C(=O)Oc3cccc(c3)NC(=O)c3cccc2c3)c2ccc(cc2)OC(=O)CSCC1=C. The summed E-state index contributed by atoms with van der Waals surface area (Å²) in [6.45, 7) is 15.9. The second kappa shape index (κ2) is 34.5. The first-order valence-electron chi connectivity index (χ1n) is 31.8. The van der Waals surface area contributed by atoms with Crippen LogP contribution in [-0.2, 0) is 56.2 Å². The average molecular weight is 1380 g/mol. The topological polar surface area (TPSA) is 259 Å². The van der Waals surface area contributed by atoms with Crippen LogP contribution in [0.3, 0.4) is 0 Å². The van der Waals surface area contributed by atoms with E-state index in [0.717, 1.165) is 23.3 Å². The number of hydrogen-bond acceptors (Lipinski definition) is 19. The molecule has 4 N–H and O–H groups in total. The Hall–Kier alpha value is -9.94. The van der Waals surface area contributed by atoms with Crippen LogP contribution in [0, 0.1) is 0 Å². The molecule has 14 bridgehead atoms. The molecule has 0 saturated carbocycles. The minimum atomic E-state index is -1.26. The van der Waals surface area contributed by atoms with E-state index in [-0.39, 0.29) is 122 Å². The largest absolute Gasteiger partial charge is 0.492 e. The Labute approximate surface area is 583 Å². The zero-order valence-corrected chi connectivity index (χ0v) is 57.3. The number of ketones is 1. The molecule has 0 spiro atoms. The molecular formula is C77H78N4O16S2. The zero-order valence-electron chi connectivity index (χ0n) is 55.7. The summed E-state index contributed by atoms with van der Waals surface area (Å²) in [6.07, 6.45) is 2.05. The van der Waals surface area contributed by atoms with Crippen molar-refractivity contribution in [1.29, 1.82) is 0 Å². The molecule has 0 fully saturated rings. The van der Waals surface area contributed by atoms with Gasteiger partial charge in [0.15, 0.2) is 5.78 Å². The summed E-state index contributed by atoms with van der Waals surface area (Å²) in [6, 6.07) is 44.6. The minimum absolute atomic E-state index is 0.0185. The lowest BCUT2D eigenvalue weighted by Crippen LogP contribution is -2.48. The zero-order chi connectivity index (χ0) is 70.5. The minimum Gasteiger partial charge on any atom is -0.492 e. The number of ether oxygens (including phenoxy) is 8. The van der Waals surface area contributed by atoms with E-state index in [1.54, 1.807) is 128 Å². The first kappa shape index (κ1) is 73.3. The number of nitrogens with one attached hydrogen (secondary N) is 4. The van der Waals surface area contributed by atoms with Gasteiger partial charge in [-0.15, -0.1) is 23.5 Å². The van der Waals surface area contributed by atoms with Crippen molar-refractivity contribution in [1.82, 2.24) is 10.6 Å². The molecule has 5 aliphatic heterocycles. The van der Waals surface area contributed by atoms with Crippen LogP contribution in [-0.4, -0.2) is 130 Å². The number of likely N-dealkylation sites (N-methyl/N-ethyl adjacent to an activating group) is 1. The molecule has 12 rings (SSSR count). The van der Waals surface area contributed by atoms with Gasteiger partial charge in [-0.3, -0.25) is 28.8 Å². The summed E-state index contributed by atoms with van der Waals surface area (Å²) in [5.74, 6) is -2.83. The monoisotopic (exact) mass is 1380 g/mol. The van der Waals surface area contributed by atoms with Gasteiger partial charge >= 0.3 is 23.9 Å². The maximum atomic E-state index is 14.6. The molecule has 5 heterocycles. The van der Waals surface area contributed by atoms with Gasteiger partial charge in [-0.1, -0.05) is 88.5 Å². The van der Waals surface area contributed by atoms with Crippen molar-refractivity contribution in [2.45, 2.75) is 50.5 Å². The van der Waals surface area contributed by atoms with Crippen LogP contribution in [0.4, 0.5) is 11.4 Å². The number of fused-ring (bicyclic) bond motifs is 8. The highest BCUT2D eigenvalue weighted by atomic mass is 32.2. The summed E-state index contributed by atoms with van der Waals surface area (Å²) >= 11 is 2.61. The normalized spacial score (nSPS) is 19.0. The molecule has 5 aliphatic rings. The Morgan fingerprint density at radius 2 is 1.07 bits per heavy atom. The number of carbonyl (C=O) groups is 8. The molecule has 20 nitrogen and oxygen atoms in total. The van der Waals surface area contributed by atoms with E-state index in [1.807, 2.05) is 39.0 Å². The van der Waals surface area contributed by atoms with Crippen LogP contribution in [0.15, 0.2) is 200 Å². The molecule has 0 saturated heterocycles. The Kier molecular flexibility index (Phi) is 25.6. The van der Waals surface area contributed by atoms with Crippen LogP contribution >= 0.6 is 23.5 Å². The molecule has 99 heavy (non-hydrogen) atoms. The van der Waals surface area contributed by atoms with Gasteiger partial charge in [0.25, 0.3) is 17.7 Å². The number of hydrogen-bond donors (Lipinski definition) is 4. The number of anilines is 2. The number of Topliss-reactive ketones (excluding diaryl/α,β-unsaturated/α-hetero) is 1. The third-order valence-corrected chi connectivity index (χ3v) is 17.9. The quantitative estimate of drug-likeness (QED) is 0.0685. The van der Waals surface area contributed by atoms with Crippen molar-refractivity contribution in [3.63, 3.8) is 0 Å². The van der Waals surface area contributed by atoms with E-state index >= 15 is 0 Å². The highest BCUT2D eigenvalue weighted by Gasteiger charge is 2.37. The molecular weight excluding hydrogens is 1300 g/mol. The maximum Gasteiger partial charge on any atom is 0.336 e. The van der Waals surface area contributed by atoms with Crippen molar-refractivity contribution in [3.8, 4) is 28.7 Å². The van der Waals surface area contributed by atoms with Crippen LogP contribution in [0.2, 0.25) is 0 Å². The van der Waals surface area contributed by atoms with Crippen molar-refractivity contribution >= 4 is 82.3 Å². The van der Waals surface area contributed by atoms with E-state index < -0.39 is 58.0 Å². The van der Waals surface area contributed by atoms with E-state index in [0.29, 0.717) is 50.8 Å². The molecule has 514 valence electrons. The van der Waals surface area contributed by atoms with Crippen LogP contribution in [0.5, 0.6) is 28.7 Å². The van der Waals surface area contributed by atoms with E-state index in [2.05, 4.69) is 34.4 Å². The third kappa shape index (κ3) is 21.3. The Bertz CT molecular complexity index is 4170. The van der Waals surface area contributed by atoms with Crippen LogP contribution in [0.25, 0.3) is 0 Å². The lowest BCUT2D eigenvalue weighted by molar-refractivity contribution is -0.132. The van der Waals surface area contributed by atoms with Gasteiger partial charge in [-0.2, -0.15) is 0 Å². The maximum absolute atomic E-state index is 14.6. The van der Waals surface area contributed by atoms with Crippen molar-refractivity contribution in [2.24, 2.45) is 0 Å². The summed E-state index contributed by atoms with van der Waals surface area (Å²) in [4.78, 5) is 108. The fraction of sp³-hybridized carbons (Fsp3) is 0.273. The number of carbonyl (C=O) groups excluding carboxylic acids is 8. The Balaban J connectivity index is 1.09. The predicted molar refractivity (Wildman–Crippen MR) is 381 cm³/mol. The highest BCUT2D eigenvalue weighted by molar-refractivity contribution is 8.00. The Morgan fingerprint density at radius 3 is 1.66 bits per heavy atom. The molecule has 2 atom stereocenters. The number of amides is 3. The van der Waals surface area contributed by atoms with Gasteiger partial charge in [-0.25, -0.2) is 9.59 Å². The molecule has 7 aromatic rings. The summed E-state index contributed by atoms with van der Waals surface area (Å²) < 4.78 is 49.0. The fourth-order valence-electron chi connectivity index (χ4n) is 10.6. The van der Waals surface area contributed by atoms with Gasteiger partial charge in [0.1, 0.15) is 41.0 Å². The molecule has 0 radical (unpaired) electrons. The fourth-order valence-corrected chi connectivity index (χ4v) is 12.2. The lowest BCUT2D eigenvalue weighted by Gasteiger charge is -2.35. The van der Waals surface area contributed by atoms with Crippen molar-refractivity contribution < 1.29 is 76.3 Å². The van der Waals surface area contributed by atoms with Gasteiger partial charge in [0.05, 0.1) is 50.0 Å². The van der Waals surface area contributed by atoms with Crippen LogP contribution < -0.4 is 45.0 Å². The summed E-state index contributed by atoms with van der Waals surface area (Å²) in [7, 11) is 1.78. The van der Waals surface area contributed by atoms with Gasteiger partial charge in [0, 0.05) is 88.9 Å². The number of esters is 4. The second-order valence-corrected chi connectivity index (χ2v) is 26.6. The molecule has 2 unspecified atom stereocenters. The number of rotatable bonds is 6.